The molecule has 0 radical (unpaired) electrons. The van der Waals surface area contributed by atoms with Gasteiger partial charge in [0.15, 0.2) is 11.3 Å². The zero-order valence-electron chi connectivity index (χ0n) is 16.6. The molecule has 0 aliphatic heterocycles. The highest BCUT2D eigenvalue weighted by molar-refractivity contribution is 6.30. The summed E-state index contributed by atoms with van der Waals surface area (Å²) in [5.74, 6) is -1.18. The highest BCUT2D eigenvalue weighted by atomic mass is 35.5. The van der Waals surface area contributed by atoms with E-state index in [1.54, 1.807) is 42.7 Å². The molecule has 2 N–H and O–H groups in total. The van der Waals surface area contributed by atoms with Gasteiger partial charge >= 0.3 is 0 Å². The molecule has 0 atom stereocenters. The fourth-order valence-corrected chi connectivity index (χ4v) is 3.45. The van der Waals surface area contributed by atoms with Gasteiger partial charge in [-0.2, -0.15) is 0 Å². The summed E-state index contributed by atoms with van der Waals surface area (Å²) in [6, 6.07) is 10.5. The molecule has 0 saturated heterocycles. The number of aromatic hydroxyl groups is 1. The van der Waals surface area contributed by atoms with Crippen molar-refractivity contribution in [3.8, 4) is 5.75 Å². The quantitative estimate of drug-likeness (QED) is 0.464. The Morgan fingerprint density at radius 2 is 1.91 bits per heavy atom. The summed E-state index contributed by atoms with van der Waals surface area (Å²) < 4.78 is 2.67. The maximum absolute atomic E-state index is 12.9. The van der Waals surface area contributed by atoms with Crippen LogP contribution in [0.4, 0.5) is 5.69 Å². The molecule has 0 spiro atoms. The lowest BCUT2D eigenvalue weighted by Crippen LogP contribution is -2.26. The lowest BCUT2D eigenvalue weighted by atomic mass is 10.2. The standard InChI is InChI=1S/C22H17ClN4O4.ClH/c23-16-5-1-3-15(9-16)12-27-8-7-26-13-17(20(29)21(30)19(26)22(27)31)25-18(28)10-14-4-2-6-24-11-14;/h1-9,11,13,30H,10,12H2,(H,25,28);1H. The van der Waals surface area contributed by atoms with Gasteiger partial charge in [0, 0.05) is 36.0 Å². The molecular formula is C22H18Cl2N4O4. The molecular weight excluding hydrogens is 455 g/mol. The largest absolute Gasteiger partial charge is 0.502 e. The molecule has 0 saturated carbocycles. The fourth-order valence-electron chi connectivity index (χ4n) is 3.23. The summed E-state index contributed by atoms with van der Waals surface area (Å²) in [4.78, 5) is 41.7. The lowest BCUT2D eigenvalue weighted by Gasteiger charge is -2.12. The van der Waals surface area contributed by atoms with Gasteiger partial charge in [0.1, 0.15) is 5.69 Å². The van der Waals surface area contributed by atoms with Crippen molar-refractivity contribution in [1.82, 2.24) is 14.0 Å². The second-order valence-electron chi connectivity index (χ2n) is 6.92. The number of hydrogen-bond donors (Lipinski definition) is 2. The number of anilines is 1. The first kappa shape index (κ1) is 23.1. The van der Waals surface area contributed by atoms with E-state index < -0.39 is 22.6 Å². The number of benzene rings is 1. The number of nitrogens with zero attached hydrogens (tertiary/aromatic N) is 3. The number of carbonyl (C=O) groups is 1. The SMILES string of the molecule is Cl.O=C(Cc1cccnc1)Nc1cn2ccn(Cc3cccc(Cl)c3)c(=O)c2c(O)c1=O. The van der Waals surface area contributed by atoms with Crippen LogP contribution in [-0.2, 0) is 17.8 Å². The van der Waals surface area contributed by atoms with Crippen LogP contribution in [0.3, 0.4) is 0 Å². The maximum Gasteiger partial charge on any atom is 0.279 e. The van der Waals surface area contributed by atoms with Crippen LogP contribution in [0, 0.1) is 0 Å². The number of amides is 1. The Hall–Kier alpha value is -3.62. The molecule has 0 aliphatic rings. The first-order valence-corrected chi connectivity index (χ1v) is 9.71. The number of nitrogens with one attached hydrogen (secondary N) is 1. The molecule has 10 heteroatoms. The van der Waals surface area contributed by atoms with Gasteiger partial charge in [-0.3, -0.25) is 19.4 Å². The molecule has 0 aliphatic carbocycles. The van der Waals surface area contributed by atoms with E-state index in [1.165, 1.54) is 27.6 Å². The minimum absolute atomic E-state index is 0. The summed E-state index contributed by atoms with van der Waals surface area (Å²) in [6.07, 6.45) is 7.52. The summed E-state index contributed by atoms with van der Waals surface area (Å²) in [5.41, 5.74) is -0.229. The van der Waals surface area contributed by atoms with Crippen LogP contribution in [0.15, 0.2) is 77.0 Å². The first-order valence-electron chi connectivity index (χ1n) is 9.33. The molecule has 0 unspecified atom stereocenters. The summed E-state index contributed by atoms with van der Waals surface area (Å²) >= 11 is 5.99. The van der Waals surface area contributed by atoms with Gasteiger partial charge in [-0.05, 0) is 29.3 Å². The van der Waals surface area contributed by atoms with Crippen molar-refractivity contribution in [2.24, 2.45) is 0 Å². The predicted molar refractivity (Wildman–Crippen MR) is 124 cm³/mol. The van der Waals surface area contributed by atoms with Crippen molar-refractivity contribution >= 4 is 41.1 Å². The monoisotopic (exact) mass is 472 g/mol. The van der Waals surface area contributed by atoms with Crippen LogP contribution < -0.4 is 16.3 Å². The first-order chi connectivity index (χ1) is 14.9. The number of hydrogen-bond acceptors (Lipinski definition) is 5. The van der Waals surface area contributed by atoms with Crippen molar-refractivity contribution in [3.63, 3.8) is 0 Å². The Bertz CT molecular complexity index is 1400. The number of halogens is 2. The highest BCUT2D eigenvalue weighted by Gasteiger charge is 2.16. The summed E-state index contributed by atoms with van der Waals surface area (Å²) in [6.45, 7) is 0.215. The van der Waals surface area contributed by atoms with E-state index in [1.807, 2.05) is 6.07 Å². The average molecular weight is 473 g/mol. The van der Waals surface area contributed by atoms with E-state index in [9.17, 15) is 19.5 Å². The fraction of sp³-hybridized carbons (Fsp3) is 0.0909. The van der Waals surface area contributed by atoms with Crippen LogP contribution in [0.25, 0.3) is 5.52 Å². The molecule has 0 bridgehead atoms. The van der Waals surface area contributed by atoms with Crippen LogP contribution in [0.1, 0.15) is 11.1 Å². The Labute approximate surface area is 193 Å². The topological polar surface area (TPSA) is 106 Å². The summed E-state index contributed by atoms with van der Waals surface area (Å²) in [7, 11) is 0. The average Bonchev–Trinajstić information content (AvgIpc) is 2.74. The van der Waals surface area contributed by atoms with E-state index in [0.717, 1.165) is 5.56 Å². The summed E-state index contributed by atoms with van der Waals surface area (Å²) in [5, 5.41) is 13.5. The number of rotatable bonds is 5. The van der Waals surface area contributed by atoms with Crippen molar-refractivity contribution in [3.05, 3.63) is 104 Å². The predicted octanol–water partition coefficient (Wildman–Crippen LogP) is 2.87. The minimum atomic E-state index is -0.836. The van der Waals surface area contributed by atoms with Crippen molar-refractivity contribution in [2.75, 3.05) is 5.32 Å². The number of pyridine rings is 2. The van der Waals surface area contributed by atoms with Gasteiger partial charge in [0.2, 0.25) is 11.3 Å². The molecule has 3 heterocycles. The van der Waals surface area contributed by atoms with Crippen LogP contribution in [-0.4, -0.2) is 25.0 Å². The van der Waals surface area contributed by atoms with Crippen molar-refractivity contribution in [1.29, 1.82) is 0 Å². The maximum atomic E-state index is 12.9. The van der Waals surface area contributed by atoms with Gasteiger partial charge in [-0.15, -0.1) is 12.4 Å². The molecule has 32 heavy (non-hydrogen) atoms. The molecule has 0 fully saturated rings. The smallest absolute Gasteiger partial charge is 0.279 e. The third-order valence-electron chi connectivity index (χ3n) is 4.68. The van der Waals surface area contributed by atoms with Crippen molar-refractivity contribution in [2.45, 2.75) is 13.0 Å². The highest BCUT2D eigenvalue weighted by Crippen LogP contribution is 2.15. The van der Waals surface area contributed by atoms with Gasteiger partial charge in [-0.25, -0.2) is 0 Å². The Kier molecular flexibility index (Phi) is 6.97. The Morgan fingerprint density at radius 1 is 1.12 bits per heavy atom. The number of carbonyl (C=O) groups excluding carboxylic acids is 1. The zero-order chi connectivity index (χ0) is 22.0. The molecule has 3 aromatic heterocycles. The normalized spacial score (nSPS) is 10.5. The van der Waals surface area contributed by atoms with Crippen LogP contribution in [0.5, 0.6) is 5.75 Å². The van der Waals surface area contributed by atoms with E-state index in [0.29, 0.717) is 10.6 Å². The van der Waals surface area contributed by atoms with Crippen LogP contribution >= 0.6 is 24.0 Å². The van der Waals surface area contributed by atoms with E-state index >= 15 is 0 Å². The Balaban J connectivity index is 0.00000289. The second-order valence-corrected chi connectivity index (χ2v) is 7.36. The minimum Gasteiger partial charge on any atom is -0.502 e. The molecule has 8 nitrogen and oxygen atoms in total. The van der Waals surface area contributed by atoms with Crippen LogP contribution in [0.2, 0.25) is 5.02 Å². The van der Waals surface area contributed by atoms with E-state index in [4.69, 9.17) is 11.6 Å². The number of aromatic nitrogens is 3. The van der Waals surface area contributed by atoms with E-state index in [2.05, 4.69) is 10.3 Å². The Morgan fingerprint density at radius 3 is 2.62 bits per heavy atom. The van der Waals surface area contributed by atoms with Gasteiger partial charge in [0.25, 0.3) is 5.56 Å². The number of fused-ring (bicyclic) bond motifs is 1. The molecule has 4 aromatic rings. The second kappa shape index (κ2) is 9.67. The van der Waals surface area contributed by atoms with E-state index in [-0.39, 0.29) is 36.6 Å². The molecule has 1 amide bonds. The molecule has 1 aromatic carbocycles. The molecule has 4 rings (SSSR count). The zero-order valence-corrected chi connectivity index (χ0v) is 18.1. The van der Waals surface area contributed by atoms with Gasteiger partial charge < -0.3 is 19.4 Å². The lowest BCUT2D eigenvalue weighted by molar-refractivity contribution is -0.115. The van der Waals surface area contributed by atoms with Crippen molar-refractivity contribution < 1.29 is 9.90 Å². The molecule has 164 valence electrons. The van der Waals surface area contributed by atoms with Gasteiger partial charge in [-0.1, -0.05) is 29.8 Å². The van der Waals surface area contributed by atoms with Gasteiger partial charge in [0.05, 0.1) is 13.0 Å². The third-order valence-corrected chi connectivity index (χ3v) is 4.92. The third kappa shape index (κ3) is 4.82.